The van der Waals surface area contributed by atoms with Gasteiger partial charge in [-0.25, -0.2) is 0 Å². The minimum atomic E-state index is 0.723. The third-order valence-electron chi connectivity index (χ3n) is 4.65. The van der Waals surface area contributed by atoms with Gasteiger partial charge in [-0.3, -0.25) is 4.79 Å². The molecule has 1 aromatic rings. The lowest BCUT2D eigenvalue weighted by atomic mass is 9.86. The smallest absolute Gasteiger partial charge is 0.150 e. The maximum absolute atomic E-state index is 11.1. The summed E-state index contributed by atoms with van der Waals surface area (Å²) in [7, 11) is 0. The van der Waals surface area contributed by atoms with E-state index in [9.17, 15) is 4.79 Å². The molecule has 1 aromatic carbocycles. The van der Waals surface area contributed by atoms with Crippen LogP contribution < -0.4 is 10.4 Å². The Kier molecular flexibility index (Phi) is 3.81. The zero-order chi connectivity index (χ0) is 14.8. The second kappa shape index (κ2) is 5.75. The standard InChI is InChI=1S/C19H21NO/c1-14-3-5-16(6-4-14)11-20-10-9-17-7-8-18(13-21)15(2)19(17)12-20/h7-8,10,12-13,16H,1,3-6,11H2,2H3. The average Bonchev–Trinajstić information content (AvgIpc) is 2.50. The van der Waals surface area contributed by atoms with Crippen molar-refractivity contribution in [2.75, 3.05) is 6.54 Å². The molecule has 0 radical (unpaired) electrons. The summed E-state index contributed by atoms with van der Waals surface area (Å²) in [6, 6.07) is 3.85. The van der Waals surface area contributed by atoms with Crippen LogP contribution in [-0.4, -0.2) is 17.7 Å². The van der Waals surface area contributed by atoms with Gasteiger partial charge in [0.05, 0.1) is 0 Å². The van der Waals surface area contributed by atoms with E-state index in [-0.39, 0.29) is 0 Å². The zero-order valence-corrected chi connectivity index (χ0v) is 12.6. The van der Waals surface area contributed by atoms with Crippen molar-refractivity contribution in [1.29, 1.82) is 0 Å². The molecule has 0 saturated heterocycles. The number of aldehydes is 1. The minimum Gasteiger partial charge on any atom is -0.347 e. The van der Waals surface area contributed by atoms with E-state index in [1.54, 1.807) is 0 Å². The van der Waals surface area contributed by atoms with Gasteiger partial charge in [-0.1, -0.05) is 23.9 Å². The van der Waals surface area contributed by atoms with Gasteiger partial charge in [-0.2, -0.15) is 0 Å². The van der Waals surface area contributed by atoms with E-state index in [0.717, 1.165) is 53.2 Å². The summed E-state index contributed by atoms with van der Waals surface area (Å²) < 4.78 is 0. The van der Waals surface area contributed by atoms with E-state index in [2.05, 4.69) is 23.4 Å². The molecule has 3 rings (SSSR count). The van der Waals surface area contributed by atoms with Gasteiger partial charge >= 0.3 is 0 Å². The number of nitrogens with zero attached hydrogens (tertiary/aromatic N) is 1. The monoisotopic (exact) mass is 279 g/mol. The quantitative estimate of drug-likeness (QED) is 0.626. The number of carbonyl (C=O) groups excluding carboxylic acids is 1. The molecule has 0 atom stereocenters. The summed E-state index contributed by atoms with van der Waals surface area (Å²) >= 11 is 0. The Morgan fingerprint density at radius 2 is 2.14 bits per heavy atom. The lowest BCUT2D eigenvalue weighted by Gasteiger charge is -2.28. The van der Waals surface area contributed by atoms with Gasteiger partial charge in [0.1, 0.15) is 6.29 Å². The molecule has 108 valence electrons. The molecule has 0 amide bonds. The molecule has 1 aliphatic carbocycles. The van der Waals surface area contributed by atoms with Crippen LogP contribution in [-0.2, 0) is 0 Å². The van der Waals surface area contributed by atoms with E-state index < -0.39 is 0 Å². The van der Waals surface area contributed by atoms with E-state index in [1.807, 2.05) is 25.3 Å². The first-order valence-corrected chi connectivity index (χ1v) is 7.63. The first-order valence-electron chi connectivity index (χ1n) is 7.63. The SMILES string of the molecule is C=C1CCC(CN2C=C=c3ccc(C=O)c(C)c3=C2)CC1. The molecule has 0 aromatic heterocycles. The molecule has 2 aliphatic rings. The lowest BCUT2D eigenvalue weighted by molar-refractivity contribution is 0.112. The van der Waals surface area contributed by atoms with Crippen molar-refractivity contribution < 1.29 is 4.79 Å². The summed E-state index contributed by atoms with van der Waals surface area (Å²) in [5.74, 6) is 0.723. The number of allylic oxidation sites excluding steroid dienone is 1. The van der Waals surface area contributed by atoms with Crippen LogP contribution in [0.2, 0.25) is 0 Å². The van der Waals surface area contributed by atoms with Gasteiger partial charge in [0.2, 0.25) is 0 Å². The highest BCUT2D eigenvalue weighted by Crippen LogP contribution is 2.27. The number of carbonyl (C=O) groups is 1. The van der Waals surface area contributed by atoms with Gasteiger partial charge in [0, 0.05) is 34.9 Å². The highest BCUT2D eigenvalue weighted by molar-refractivity contribution is 5.77. The third kappa shape index (κ3) is 2.86. The Hall–Kier alpha value is -2.05. The number of benzene rings is 1. The maximum atomic E-state index is 11.1. The summed E-state index contributed by atoms with van der Waals surface area (Å²) in [6.07, 6.45) is 9.92. The molecular weight excluding hydrogens is 258 g/mol. The minimum absolute atomic E-state index is 0.723. The Morgan fingerprint density at radius 3 is 2.86 bits per heavy atom. The van der Waals surface area contributed by atoms with E-state index >= 15 is 0 Å². The number of hydrogen-bond acceptors (Lipinski definition) is 2. The predicted molar refractivity (Wildman–Crippen MR) is 86.1 cm³/mol. The van der Waals surface area contributed by atoms with Crippen LogP contribution in [0, 0.1) is 12.8 Å². The van der Waals surface area contributed by atoms with Gasteiger partial charge in [-0.05, 0) is 50.2 Å². The van der Waals surface area contributed by atoms with Crippen molar-refractivity contribution in [3.8, 4) is 0 Å². The molecule has 0 bridgehead atoms. The molecular formula is C19H21NO. The molecule has 2 nitrogen and oxygen atoms in total. The van der Waals surface area contributed by atoms with Gasteiger partial charge in [0.25, 0.3) is 0 Å². The normalized spacial score (nSPS) is 18.0. The van der Waals surface area contributed by atoms with Crippen LogP contribution in [0.3, 0.4) is 0 Å². The topological polar surface area (TPSA) is 20.3 Å². The van der Waals surface area contributed by atoms with Crippen LogP contribution in [0.1, 0.15) is 41.6 Å². The maximum Gasteiger partial charge on any atom is 0.150 e. The van der Waals surface area contributed by atoms with Gasteiger partial charge in [-0.15, -0.1) is 0 Å². The van der Waals surface area contributed by atoms with Crippen molar-refractivity contribution in [1.82, 2.24) is 4.90 Å². The summed E-state index contributed by atoms with van der Waals surface area (Å²) in [6.45, 7) is 7.12. The van der Waals surface area contributed by atoms with Crippen molar-refractivity contribution in [2.45, 2.75) is 32.6 Å². The fraction of sp³-hybridized carbons (Fsp3) is 0.368. The van der Waals surface area contributed by atoms with Crippen LogP contribution in [0.15, 0.2) is 30.5 Å². The van der Waals surface area contributed by atoms with E-state index in [0.29, 0.717) is 0 Å². The first-order chi connectivity index (χ1) is 10.2. The molecule has 1 fully saturated rings. The molecule has 1 saturated carbocycles. The molecule has 1 heterocycles. The average molecular weight is 279 g/mol. The Labute approximate surface area is 125 Å². The molecule has 1 aliphatic heterocycles. The third-order valence-corrected chi connectivity index (χ3v) is 4.65. The molecule has 0 unspecified atom stereocenters. The fourth-order valence-electron chi connectivity index (χ4n) is 3.19. The van der Waals surface area contributed by atoms with Crippen molar-refractivity contribution >= 4 is 18.2 Å². The van der Waals surface area contributed by atoms with Crippen molar-refractivity contribution in [2.24, 2.45) is 5.92 Å². The molecule has 2 heteroatoms. The Bertz CT molecular complexity index is 728. The second-order valence-corrected chi connectivity index (χ2v) is 6.15. The number of hydrogen-bond donors (Lipinski definition) is 0. The van der Waals surface area contributed by atoms with Gasteiger partial charge in [0.15, 0.2) is 0 Å². The fourth-order valence-corrected chi connectivity index (χ4v) is 3.19. The van der Waals surface area contributed by atoms with Crippen molar-refractivity contribution in [3.05, 3.63) is 52.0 Å². The Morgan fingerprint density at radius 1 is 1.38 bits per heavy atom. The van der Waals surface area contributed by atoms with E-state index in [4.69, 9.17) is 0 Å². The highest BCUT2D eigenvalue weighted by atomic mass is 16.1. The first kappa shape index (κ1) is 13.9. The van der Waals surface area contributed by atoms with Crippen LogP contribution >= 0.6 is 0 Å². The zero-order valence-electron chi connectivity index (χ0n) is 12.6. The van der Waals surface area contributed by atoms with E-state index in [1.165, 1.54) is 18.4 Å². The second-order valence-electron chi connectivity index (χ2n) is 6.15. The predicted octanol–water partition coefficient (Wildman–Crippen LogP) is 2.50. The molecule has 21 heavy (non-hydrogen) atoms. The van der Waals surface area contributed by atoms with Crippen molar-refractivity contribution in [3.63, 3.8) is 0 Å². The van der Waals surface area contributed by atoms with Gasteiger partial charge < -0.3 is 4.90 Å². The lowest BCUT2D eigenvalue weighted by Crippen LogP contribution is -2.35. The summed E-state index contributed by atoms with van der Waals surface area (Å²) in [4.78, 5) is 13.3. The number of rotatable bonds is 3. The van der Waals surface area contributed by atoms with Crippen LogP contribution in [0.4, 0.5) is 0 Å². The largest absolute Gasteiger partial charge is 0.347 e. The summed E-state index contributed by atoms with van der Waals surface area (Å²) in [5.41, 5.74) is 6.55. The summed E-state index contributed by atoms with van der Waals surface area (Å²) in [5, 5.41) is 2.20. The number of fused-ring (bicyclic) bond motifs is 1. The molecule has 0 spiro atoms. The highest BCUT2D eigenvalue weighted by Gasteiger charge is 2.17. The Balaban J connectivity index is 1.85. The van der Waals surface area contributed by atoms with Crippen LogP contribution in [0.25, 0.3) is 11.9 Å². The molecule has 0 N–H and O–H groups in total. The van der Waals surface area contributed by atoms with Crippen LogP contribution in [0.5, 0.6) is 0 Å².